The highest BCUT2D eigenvalue weighted by atomic mass is 19.1. The van der Waals surface area contributed by atoms with E-state index < -0.39 is 11.6 Å². The molecule has 0 bridgehead atoms. The Labute approximate surface area is 111 Å². The molecule has 1 aliphatic rings. The Bertz CT molecular complexity index is 469. The maximum absolute atomic E-state index is 13.6. The van der Waals surface area contributed by atoms with E-state index in [1.165, 1.54) is 12.8 Å². The number of benzene rings is 1. The van der Waals surface area contributed by atoms with Crippen molar-refractivity contribution in [1.82, 2.24) is 10.2 Å². The largest absolute Gasteiger partial charge is 0.311 e. The number of rotatable bonds is 6. The average Bonchev–Trinajstić information content (AvgIpc) is 3.20. The maximum atomic E-state index is 13.6. The lowest BCUT2D eigenvalue weighted by Gasteiger charge is -2.16. The Morgan fingerprint density at radius 1 is 1.37 bits per heavy atom. The van der Waals surface area contributed by atoms with Gasteiger partial charge in [-0.1, -0.05) is 0 Å². The Morgan fingerprint density at radius 2 is 2.00 bits per heavy atom. The van der Waals surface area contributed by atoms with E-state index in [2.05, 4.69) is 17.3 Å². The lowest BCUT2D eigenvalue weighted by Crippen LogP contribution is -2.30. The summed E-state index contributed by atoms with van der Waals surface area (Å²) in [5.41, 5.74) is 0.000270. The predicted octanol–water partition coefficient (Wildman–Crippen LogP) is 2.02. The third kappa shape index (κ3) is 3.72. The van der Waals surface area contributed by atoms with Crippen molar-refractivity contribution in [2.24, 2.45) is 0 Å². The van der Waals surface area contributed by atoms with Crippen molar-refractivity contribution in [3.05, 3.63) is 34.9 Å². The standard InChI is InChI=1S/C14H17F2N3/c1-19(11-2-3-11)5-4-18-9-12-13(15)6-10(8-17)7-14(12)16/h6-7,11,18H,2-5,9H2,1H3. The second-order valence-corrected chi connectivity index (χ2v) is 4.92. The number of halogens is 2. The van der Waals surface area contributed by atoms with Gasteiger partial charge in [0.05, 0.1) is 11.6 Å². The molecule has 0 atom stereocenters. The highest BCUT2D eigenvalue weighted by Crippen LogP contribution is 2.24. The van der Waals surface area contributed by atoms with Gasteiger partial charge < -0.3 is 10.2 Å². The zero-order valence-corrected chi connectivity index (χ0v) is 10.9. The van der Waals surface area contributed by atoms with Crippen LogP contribution in [0.4, 0.5) is 8.78 Å². The molecule has 0 aliphatic heterocycles. The fraction of sp³-hybridized carbons (Fsp3) is 0.500. The van der Waals surface area contributed by atoms with E-state index in [1.807, 2.05) is 0 Å². The van der Waals surface area contributed by atoms with E-state index in [9.17, 15) is 8.78 Å². The van der Waals surface area contributed by atoms with Crippen molar-refractivity contribution >= 4 is 0 Å². The van der Waals surface area contributed by atoms with E-state index in [-0.39, 0.29) is 17.7 Å². The van der Waals surface area contributed by atoms with Gasteiger partial charge in [-0.15, -0.1) is 0 Å². The van der Waals surface area contributed by atoms with Crippen LogP contribution in [-0.4, -0.2) is 31.1 Å². The number of nitrogens with one attached hydrogen (secondary N) is 1. The van der Waals surface area contributed by atoms with Crippen molar-refractivity contribution in [1.29, 1.82) is 5.26 Å². The molecule has 0 unspecified atom stereocenters. The fourth-order valence-corrected chi connectivity index (χ4v) is 2.00. The van der Waals surface area contributed by atoms with Crippen LogP contribution >= 0.6 is 0 Å². The van der Waals surface area contributed by atoms with Gasteiger partial charge in [-0.05, 0) is 32.0 Å². The third-order valence-corrected chi connectivity index (χ3v) is 3.38. The molecule has 0 radical (unpaired) electrons. The molecule has 5 heteroatoms. The molecule has 1 saturated carbocycles. The Morgan fingerprint density at radius 3 is 2.53 bits per heavy atom. The molecule has 0 amide bonds. The molecule has 1 N–H and O–H groups in total. The smallest absolute Gasteiger partial charge is 0.131 e. The topological polar surface area (TPSA) is 39.1 Å². The second-order valence-electron chi connectivity index (χ2n) is 4.92. The summed E-state index contributed by atoms with van der Waals surface area (Å²) in [6, 6.07) is 4.55. The molecule has 1 aliphatic carbocycles. The molecule has 1 fully saturated rings. The van der Waals surface area contributed by atoms with Crippen LogP contribution < -0.4 is 5.32 Å². The molecule has 19 heavy (non-hydrogen) atoms. The van der Waals surface area contributed by atoms with Crippen LogP contribution in [0.5, 0.6) is 0 Å². The first-order valence-corrected chi connectivity index (χ1v) is 6.41. The van der Waals surface area contributed by atoms with Gasteiger partial charge in [0.15, 0.2) is 0 Å². The van der Waals surface area contributed by atoms with Gasteiger partial charge in [0, 0.05) is 31.2 Å². The van der Waals surface area contributed by atoms with Crippen LogP contribution in [-0.2, 0) is 6.54 Å². The van der Waals surface area contributed by atoms with Crippen LogP contribution in [0, 0.1) is 23.0 Å². The number of hydrogen-bond donors (Lipinski definition) is 1. The molecule has 1 aromatic rings. The first-order chi connectivity index (χ1) is 9.11. The Hall–Kier alpha value is -1.51. The monoisotopic (exact) mass is 265 g/mol. The molecule has 0 spiro atoms. The van der Waals surface area contributed by atoms with Crippen LogP contribution in [0.2, 0.25) is 0 Å². The zero-order valence-electron chi connectivity index (χ0n) is 10.9. The van der Waals surface area contributed by atoms with E-state index in [4.69, 9.17) is 5.26 Å². The highest BCUT2D eigenvalue weighted by molar-refractivity contribution is 5.34. The second kappa shape index (κ2) is 6.09. The number of nitriles is 1. The van der Waals surface area contributed by atoms with Crippen LogP contribution in [0.15, 0.2) is 12.1 Å². The Balaban J connectivity index is 1.83. The summed E-state index contributed by atoms with van der Waals surface area (Å²) in [6.07, 6.45) is 2.49. The summed E-state index contributed by atoms with van der Waals surface area (Å²) in [7, 11) is 2.06. The molecular weight excluding hydrogens is 248 g/mol. The number of likely N-dealkylation sites (N-methyl/N-ethyl adjacent to an activating group) is 1. The summed E-state index contributed by atoms with van der Waals surface area (Å²) in [5, 5.41) is 11.6. The maximum Gasteiger partial charge on any atom is 0.131 e. The molecule has 2 rings (SSSR count). The quantitative estimate of drug-likeness (QED) is 0.800. The van der Waals surface area contributed by atoms with Gasteiger partial charge in [0.1, 0.15) is 11.6 Å². The van der Waals surface area contributed by atoms with Gasteiger partial charge in [-0.3, -0.25) is 0 Å². The van der Waals surface area contributed by atoms with Gasteiger partial charge in [-0.25, -0.2) is 8.78 Å². The molecule has 0 aromatic heterocycles. The zero-order chi connectivity index (χ0) is 13.8. The van der Waals surface area contributed by atoms with Crippen molar-refractivity contribution in [2.75, 3.05) is 20.1 Å². The summed E-state index contributed by atoms with van der Waals surface area (Å²) < 4.78 is 27.2. The van der Waals surface area contributed by atoms with E-state index in [1.54, 1.807) is 6.07 Å². The predicted molar refractivity (Wildman–Crippen MR) is 68.4 cm³/mol. The summed E-state index contributed by atoms with van der Waals surface area (Å²) in [5.74, 6) is -1.33. The lowest BCUT2D eigenvalue weighted by atomic mass is 10.1. The molecule has 3 nitrogen and oxygen atoms in total. The van der Waals surface area contributed by atoms with Crippen molar-refractivity contribution in [2.45, 2.75) is 25.4 Å². The lowest BCUT2D eigenvalue weighted by molar-refractivity contribution is 0.321. The minimum Gasteiger partial charge on any atom is -0.311 e. The first-order valence-electron chi connectivity index (χ1n) is 6.41. The van der Waals surface area contributed by atoms with Crippen molar-refractivity contribution < 1.29 is 8.78 Å². The minimum atomic E-state index is -0.667. The average molecular weight is 265 g/mol. The van der Waals surface area contributed by atoms with Gasteiger partial charge in [0.2, 0.25) is 0 Å². The fourth-order valence-electron chi connectivity index (χ4n) is 2.00. The van der Waals surface area contributed by atoms with Crippen molar-refractivity contribution in [3.8, 4) is 6.07 Å². The molecule has 102 valence electrons. The Kier molecular flexibility index (Phi) is 4.46. The van der Waals surface area contributed by atoms with Crippen LogP contribution in [0.3, 0.4) is 0 Å². The van der Waals surface area contributed by atoms with Gasteiger partial charge >= 0.3 is 0 Å². The summed E-state index contributed by atoms with van der Waals surface area (Å²) >= 11 is 0. The number of hydrogen-bond acceptors (Lipinski definition) is 3. The normalized spacial score (nSPS) is 14.7. The van der Waals surface area contributed by atoms with Gasteiger partial charge in [0.25, 0.3) is 0 Å². The minimum absolute atomic E-state index is 0.00641. The van der Waals surface area contributed by atoms with Crippen molar-refractivity contribution in [3.63, 3.8) is 0 Å². The van der Waals surface area contributed by atoms with E-state index in [0.717, 1.165) is 18.7 Å². The van der Waals surface area contributed by atoms with E-state index in [0.29, 0.717) is 12.6 Å². The SMILES string of the molecule is CN(CCNCc1c(F)cc(C#N)cc1F)C1CC1. The summed E-state index contributed by atoms with van der Waals surface area (Å²) in [6.45, 7) is 1.69. The first kappa shape index (κ1) is 13.9. The molecule has 0 saturated heterocycles. The van der Waals surface area contributed by atoms with E-state index >= 15 is 0 Å². The molecule has 1 aromatic carbocycles. The highest BCUT2D eigenvalue weighted by Gasteiger charge is 2.25. The van der Waals surface area contributed by atoms with Gasteiger partial charge in [-0.2, -0.15) is 5.26 Å². The summed E-state index contributed by atoms with van der Waals surface area (Å²) in [4.78, 5) is 2.25. The molecule has 0 heterocycles. The number of nitrogens with zero attached hydrogens (tertiary/aromatic N) is 2. The third-order valence-electron chi connectivity index (χ3n) is 3.38. The van der Waals surface area contributed by atoms with Crippen LogP contribution in [0.25, 0.3) is 0 Å². The molecular formula is C14H17F2N3. The van der Waals surface area contributed by atoms with Crippen LogP contribution in [0.1, 0.15) is 24.0 Å².